The van der Waals surface area contributed by atoms with Crippen molar-refractivity contribution >= 4 is 12.1 Å². The zero-order valence-corrected chi connectivity index (χ0v) is 20.0. The number of rotatable bonds is 6. The van der Waals surface area contributed by atoms with Gasteiger partial charge in [-0.2, -0.15) is 0 Å². The van der Waals surface area contributed by atoms with Crippen molar-refractivity contribution in [3.8, 4) is 0 Å². The van der Waals surface area contributed by atoms with E-state index in [2.05, 4.69) is 30.7 Å². The Balaban J connectivity index is 1.41. The van der Waals surface area contributed by atoms with Crippen LogP contribution in [0.5, 0.6) is 0 Å². The minimum atomic E-state index is -0.548. The maximum absolute atomic E-state index is 12.5. The Labute approximate surface area is 200 Å². The standard InChI is InChI=1S/C27H34N2O5/c1-17-7-8-22-26(2,11-9-23-27(22,3)16-33-25(31)34-23)20(17)14-21(19-10-13-32-24(19)30)29-15-18-6-4-5-12-28-18/h4-6,10,12,20-23,29H,1,7-9,11,13-16H2,2-3H3/t20-,21?,22?,23-,26+,27?/m1/s1. The lowest BCUT2D eigenvalue weighted by atomic mass is 9.45. The zero-order valence-electron chi connectivity index (χ0n) is 20.0. The second-order valence-corrected chi connectivity index (χ2v) is 10.7. The molecular formula is C27H34N2O5. The summed E-state index contributed by atoms with van der Waals surface area (Å²) in [6, 6.07) is 5.69. The average molecular weight is 467 g/mol. The van der Waals surface area contributed by atoms with E-state index in [-0.39, 0.29) is 34.9 Å². The molecular weight excluding hydrogens is 432 g/mol. The van der Waals surface area contributed by atoms with Crippen LogP contribution in [0.1, 0.15) is 51.6 Å². The third kappa shape index (κ3) is 3.94. The van der Waals surface area contributed by atoms with Crippen molar-refractivity contribution in [2.24, 2.45) is 22.7 Å². The van der Waals surface area contributed by atoms with Gasteiger partial charge in [-0.1, -0.05) is 32.1 Å². The van der Waals surface area contributed by atoms with E-state index in [4.69, 9.17) is 14.2 Å². The number of cyclic esters (lactones) is 2. The second-order valence-electron chi connectivity index (χ2n) is 10.7. The van der Waals surface area contributed by atoms with E-state index >= 15 is 0 Å². The van der Waals surface area contributed by atoms with Crippen LogP contribution in [0, 0.1) is 22.7 Å². The fourth-order valence-electron chi connectivity index (χ4n) is 7.10. The molecule has 182 valence electrons. The van der Waals surface area contributed by atoms with Crippen LogP contribution in [0.4, 0.5) is 4.79 Å². The molecule has 34 heavy (non-hydrogen) atoms. The van der Waals surface area contributed by atoms with Gasteiger partial charge in [0.05, 0.1) is 11.3 Å². The molecule has 7 heteroatoms. The molecule has 1 saturated heterocycles. The van der Waals surface area contributed by atoms with E-state index in [1.165, 1.54) is 5.57 Å². The van der Waals surface area contributed by atoms with Gasteiger partial charge in [0.2, 0.25) is 0 Å². The number of nitrogens with one attached hydrogen (secondary N) is 1. The Hall–Kier alpha value is -2.67. The number of pyridine rings is 1. The number of aromatic nitrogens is 1. The van der Waals surface area contributed by atoms with E-state index in [1.807, 2.05) is 24.3 Å². The molecule has 0 amide bonds. The smallest absolute Gasteiger partial charge is 0.458 e. The first kappa shape index (κ1) is 23.1. The fraction of sp³-hybridized carbons (Fsp3) is 0.593. The van der Waals surface area contributed by atoms with Gasteiger partial charge in [-0.15, -0.1) is 0 Å². The summed E-state index contributed by atoms with van der Waals surface area (Å²) >= 11 is 0. The third-order valence-electron chi connectivity index (χ3n) is 8.91. The maximum atomic E-state index is 12.5. The van der Waals surface area contributed by atoms with Crippen molar-refractivity contribution in [3.05, 3.63) is 53.9 Å². The Morgan fingerprint density at radius 3 is 2.79 bits per heavy atom. The molecule has 1 N–H and O–H groups in total. The molecule has 2 aliphatic heterocycles. The summed E-state index contributed by atoms with van der Waals surface area (Å²) in [5.41, 5.74) is 2.62. The number of esters is 1. The van der Waals surface area contributed by atoms with Gasteiger partial charge in [0.15, 0.2) is 0 Å². The van der Waals surface area contributed by atoms with Gasteiger partial charge in [0.25, 0.3) is 0 Å². The number of hydrogen-bond donors (Lipinski definition) is 1. The van der Waals surface area contributed by atoms with Crippen molar-refractivity contribution in [1.29, 1.82) is 0 Å². The summed E-state index contributed by atoms with van der Waals surface area (Å²) in [5, 5.41) is 3.59. The summed E-state index contributed by atoms with van der Waals surface area (Å²) in [5.74, 6) is 0.311. The highest BCUT2D eigenvalue weighted by atomic mass is 16.7. The Kier molecular flexibility index (Phi) is 6.00. The number of allylic oxidation sites excluding steroid dienone is 1. The minimum absolute atomic E-state index is 0.0261. The quantitative estimate of drug-likeness (QED) is 0.493. The Morgan fingerprint density at radius 2 is 2.06 bits per heavy atom. The van der Waals surface area contributed by atoms with Gasteiger partial charge in [-0.25, -0.2) is 9.59 Å². The van der Waals surface area contributed by atoms with Gasteiger partial charge < -0.3 is 19.5 Å². The average Bonchev–Trinajstić information content (AvgIpc) is 3.25. The molecule has 2 saturated carbocycles. The van der Waals surface area contributed by atoms with E-state index in [0.29, 0.717) is 31.2 Å². The third-order valence-corrected chi connectivity index (χ3v) is 8.91. The number of nitrogens with zero attached hydrogens (tertiary/aromatic N) is 1. The minimum Gasteiger partial charge on any atom is -0.458 e. The van der Waals surface area contributed by atoms with Gasteiger partial charge in [-0.3, -0.25) is 4.98 Å². The fourth-order valence-corrected chi connectivity index (χ4v) is 7.10. The Morgan fingerprint density at radius 1 is 1.21 bits per heavy atom. The SMILES string of the molecule is C=C1CCC2C3(C)COC(=O)O[C@@H]3CC[C@@]2(C)[C@@H]1CC(NCc1ccccn1)C1=CCOC1=O. The van der Waals surface area contributed by atoms with Crippen LogP contribution >= 0.6 is 0 Å². The number of carbonyl (C=O) groups excluding carboxylic acids is 2. The van der Waals surface area contributed by atoms with Crippen LogP contribution in [-0.4, -0.2) is 42.5 Å². The molecule has 1 aromatic rings. The molecule has 0 radical (unpaired) electrons. The number of ether oxygens (including phenoxy) is 3. The highest BCUT2D eigenvalue weighted by molar-refractivity contribution is 5.91. The van der Waals surface area contributed by atoms with E-state index in [9.17, 15) is 9.59 Å². The van der Waals surface area contributed by atoms with Crippen LogP contribution in [0.3, 0.4) is 0 Å². The van der Waals surface area contributed by atoms with Crippen LogP contribution in [0.2, 0.25) is 0 Å². The van der Waals surface area contributed by atoms with Gasteiger partial charge in [-0.05, 0) is 67.6 Å². The summed E-state index contributed by atoms with van der Waals surface area (Å²) in [7, 11) is 0. The first-order valence-electron chi connectivity index (χ1n) is 12.3. The molecule has 7 nitrogen and oxygen atoms in total. The highest BCUT2D eigenvalue weighted by Crippen LogP contribution is 2.63. The van der Waals surface area contributed by atoms with Crippen molar-refractivity contribution in [2.75, 3.05) is 13.2 Å². The molecule has 1 aromatic heterocycles. The Bertz CT molecular complexity index is 1010. The molecule has 0 bridgehead atoms. The lowest BCUT2D eigenvalue weighted by Gasteiger charge is -2.61. The zero-order chi connectivity index (χ0) is 23.9. The van der Waals surface area contributed by atoms with E-state index in [1.54, 1.807) is 6.20 Å². The van der Waals surface area contributed by atoms with Crippen LogP contribution in [-0.2, 0) is 25.5 Å². The van der Waals surface area contributed by atoms with Crippen molar-refractivity contribution in [3.63, 3.8) is 0 Å². The normalized spacial score (nSPS) is 35.9. The van der Waals surface area contributed by atoms with Gasteiger partial charge in [0, 0.05) is 24.2 Å². The molecule has 3 heterocycles. The molecule has 2 aliphatic carbocycles. The highest BCUT2D eigenvalue weighted by Gasteiger charge is 2.61. The number of fused-ring (bicyclic) bond motifs is 3. The first-order chi connectivity index (χ1) is 16.3. The predicted molar refractivity (Wildman–Crippen MR) is 126 cm³/mol. The van der Waals surface area contributed by atoms with E-state index in [0.717, 1.165) is 37.8 Å². The van der Waals surface area contributed by atoms with Crippen molar-refractivity contribution < 1.29 is 23.8 Å². The van der Waals surface area contributed by atoms with Crippen molar-refractivity contribution in [1.82, 2.24) is 10.3 Å². The molecule has 0 aromatic carbocycles. The van der Waals surface area contributed by atoms with Crippen LogP contribution in [0.15, 0.2) is 48.2 Å². The number of carbonyl (C=O) groups is 2. The predicted octanol–water partition coefficient (Wildman–Crippen LogP) is 4.34. The monoisotopic (exact) mass is 466 g/mol. The largest absolute Gasteiger partial charge is 0.508 e. The topological polar surface area (TPSA) is 86.8 Å². The van der Waals surface area contributed by atoms with Gasteiger partial charge >= 0.3 is 12.1 Å². The maximum Gasteiger partial charge on any atom is 0.508 e. The lowest BCUT2D eigenvalue weighted by Crippen LogP contribution is -2.61. The summed E-state index contributed by atoms with van der Waals surface area (Å²) in [4.78, 5) is 28.8. The van der Waals surface area contributed by atoms with Crippen LogP contribution in [0.25, 0.3) is 0 Å². The first-order valence-corrected chi connectivity index (χ1v) is 12.3. The lowest BCUT2D eigenvalue weighted by molar-refractivity contribution is -0.193. The molecule has 3 fully saturated rings. The second kappa shape index (κ2) is 8.84. The summed E-state index contributed by atoms with van der Waals surface area (Å²) < 4.78 is 16.3. The molecule has 4 aliphatic rings. The van der Waals surface area contributed by atoms with Gasteiger partial charge in [0.1, 0.15) is 19.3 Å². The van der Waals surface area contributed by atoms with Crippen molar-refractivity contribution in [2.45, 2.75) is 64.6 Å². The number of hydrogen-bond acceptors (Lipinski definition) is 7. The summed E-state index contributed by atoms with van der Waals surface area (Å²) in [6.07, 6.45) is 7.50. The molecule has 3 unspecified atom stereocenters. The molecule has 5 rings (SSSR count). The van der Waals surface area contributed by atoms with Crippen LogP contribution < -0.4 is 5.32 Å². The molecule has 6 atom stereocenters. The van der Waals surface area contributed by atoms with E-state index < -0.39 is 6.16 Å². The molecule has 0 spiro atoms. The summed E-state index contributed by atoms with van der Waals surface area (Å²) in [6.45, 7) is 10.4.